The van der Waals surface area contributed by atoms with Crippen molar-refractivity contribution < 1.29 is 44.3 Å². The van der Waals surface area contributed by atoms with E-state index < -0.39 is 69.3 Å². The second-order valence-corrected chi connectivity index (χ2v) is 8.72. The van der Waals surface area contributed by atoms with E-state index in [2.05, 4.69) is 11.3 Å². The summed E-state index contributed by atoms with van der Waals surface area (Å²) in [5, 5.41) is 0. The largest absolute Gasteiger partial charge is 0.432 e. The first kappa shape index (κ1) is 29.3. The fourth-order valence-corrected chi connectivity index (χ4v) is 3.84. The molecular formula is C31H17F9O. The van der Waals surface area contributed by atoms with Crippen LogP contribution in [0.1, 0.15) is 28.7 Å². The summed E-state index contributed by atoms with van der Waals surface area (Å²) in [5.41, 5.74) is -1.99. The number of hydrogen-bond donors (Lipinski definition) is 0. The van der Waals surface area contributed by atoms with Gasteiger partial charge >= 0.3 is 6.11 Å². The van der Waals surface area contributed by atoms with E-state index in [1.807, 2.05) is 11.8 Å². The van der Waals surface area contributed by atoms with Gasteiger partial charge in [0.25, 0.3) is 0 Å². The number of benzene rings is 4. The van der Waals surface area contributed by atoms with E-state index in [1.165, 1.54) is 0 Å². The number of alkyl halides is 2. The van der Waals surface area contributed by atoms with Crippen LogP contribution in [0.2, 0.25) is 0 Å². The van der Waals surface area contributed by atoms with Crippen molar-refractivity contribution in [2.75, 3.05) is 0 Å². The molecule has 0 fully saturated rings. The highest BCUT2D eigenvalue weighted by Crippen LogP contribution is 2.37. The first-order valence-electron chi connectivity index (χ1n) is 11.8. The first-order valence-corrected chi connectivity index (χ1v) is 11.8. The van der Waals surface area contributed by atoms with Crippen molar-refractivity contribution in [2.24, 2.45) is 0 Å². The third-order valence-corrected chi connectivity index (χ3v) is 5.83. The molecule has 4 aromatic carbocycles. The maximum Gasteiger partial charge on any atom is 0.432 e. The van der Waals surface area contributed by atoms with Crippen LogP contribution < -0.4 is 4.74 Å². The molecule has 4 rings (SSSR count). The molecule has 0 aliphatic carbocycles. The zero-order valence-electron chi connectivity index (χ0n) is 20.8. The van der Waals surface area contributed by atoms with Crippen molar-refractivity contribution in [3.63, 3.8) is 0 Å². The molecule has 0 spiro atoms. The number of hydrogen-bond acceptors (Lipinski definition) is 1. The van der Waals surface area contributed by atoms with Gasteiger partial charge in [0.1, 0.15) is 34.6 Å². The summed E-state index contributed by atoms with van der Waals surface area (Å²) >= 11 is 0. The second kappa shape index (κ2) is 11.8. The van der Waals surface area contributed by atoms with Crippen LogP contribution in [0.25, 0.3) is 11.1 Å². The molecule has 210 valence electrons. The lowest BCUT2D eigenvalue weighted by Crippen LogP contribution is -2.25. The monoisotopic (exact) mass is 576 g/mol. The minimum Gasteiger partial charge on any atom is -0.429 e. The lowest BCUT2D eigenvalue weighted by molar-refractivity contribution is -0.189. The van der Waals surface area contributed by atoms with Gasteiger partial charge in [0, 0.05) is 17.7 Å². The van der Waals surface area contributed by atoms with E-state index in [-0.39, 0.29) is 17.7 Å². The van der Waals surface area contributed by atoms with Crippen LogP contribution in [0, 0.1) is 52.6 Å². The number of allylic oxidation sites excluding steroid dienone is 1. The summed E-state index contributed by atoms with van der Waals surface area (Å²) < 4.78 is 132. The Labute approximate surface area is 228 Å². The molecule has 0 unspecified atom stereocenters. The maximum absolute atomic E-state index is 14.8. The van der Waals surface area contributed by atoms with Gasteiger partial charge in [0.15, 0.2) is 17.5 Å². The van der Waals surface area contributed by atoms with Gasteiger partial charge in [-0.05, 0) is 53.8 Å². The van der Waals surface area contributed by atoms with Crippen molar-refractivity contribution in [1.29, 1.82) is 0 Å². The van der Waals surface area contributed by atoms with E-state index in [9.17, 15) is 39.5 Å². The first-order chi connectivity index (χ1) is 19.4. The Hall–Kier alpha value is -4.65. The Morgan fingerprint density at radius 2 is 1.24 bits per heavy atom. The van der Waals surface area contributed by atoms with Gasteiger partial charge in [-0.3, -0.25) is 0 Å². The van der Waals surface area contributed by atoms with E-state index in [1.54, 1.807) is 30.3 Å². The molecule has 0 saturated heterocycles. The smallest absolute Gasteiger partial charge is 0.429 e. The lowest BCUT2D eigenvalue weighted by atomic mass is 10.00. The highest BCUT2D eigenvalue weighted by Gasteiger charge is 2.41. The number of halogens is 9. The Balaban J connectivity index is 1.58. The van der Waals surface area contributed by atoms with Gasteiger partial charge in [-0.25, -0.2) is 30.7 Å². The molecule has 0 N–H and O–H groups in total. The van der Waals surface area contributed by atoms with Crippen LogP contribution in [0.15, 0.2) is 73.3 Å². The molecule has 0 aliphatic rings. The number of rotatable bonds is 7. The fraction of sp³-hybridized carbons (Fsp3) is 0.0968. The summed E-state index contributed by atoms with van der Waals surface area (Å²) in [5.74, 6) is -8.53. The Kier molecular flexibility index (Phi) is 8.47. The van der Waals surface area contributed by atoms with Gasteiger partial charge in [0.2, 0.25) is 0 Å². The molecule has 0 amide bonds. The molecular weight excluding hydrogens is 559 g/mol. The Morgan fingerprint density at radius 1 is 0.683 bits per heavy atom. The van der Waals surface area contributed by atoms with Crippen LogP contribution in [0.4, 0.5) is 39.5 Å². The maximum atomic E-state index is 14.8. The second-order valence-electron chi connectivity index (χ2n) is 8.72. The van der Waals surface area contributed by atoms with Crippen molar-refractivity contribution in [3.05, 3.63) is 136 Å². The summed E-state index contributed by atoms with van der Waals surface area (Å²) in [7, 11) is 0. The quantitative estimate of drug-likeness (QED) is 0.0924. The van der Waals surface area contributed by atoms with E-state index in [4.69, 9.17) is 0 Å². The van der Waals surface area contributed by atoms with Crippen molar-refractivity contribution in [2.45, 2.75) is 19.0 Å². The topological polar surface area (TPSA) is 9.23 Å². The molecule has 4 aromatic rings. The van der Waals surface area contributed by atoms with Crippen LogP contribution in [0.5, 0.6) is 5.75 Å². The van der Waals surface area contributed by atoms with Crippen molar-refractivity contribution in [3.8, 4) is 28.7 Å². The van der Waals surface area contributed by atoms with Gasteiger partial charge < -0.3 is 4.74 Å². The summed E-state index contributed by atoms with van der Waals surface area (Å²) in [6.07, 6.45) is -1.56. The molecule has 0 aliphatic heterocycles. The van der Waals surface area contributed by atoms with Gasteiger partial charge in [0.05, 0.1) is 5.56 Å². The third-order valence-electron chi connectivity index (χ3n) is 5.83. The lowest BCUT2D eigenvalue weighted by Gasteiger charge is -2.20. The van der Waals surface area contributed by atoms with E-state index in [0.29, 0.717) is 36.2 Å². The van der Waals surface area contributed by atoms with Gasteiger partial charge in [-0.2, -0.15) is 8.78 Å². The molecule has 0 aromatic heterocycles. The van der Waals surface area contributed by atoms with Crippen molar-refractivity contribution >= 4 is 0 Å². The summed E-state index contributed by atoms with van der Waals surface area (Å²) in [6, 6.07) is 9.45. The summed E-state index contributed by atoms with van der Waals surface area (Å²) in [4.78, 5) is 0. The van der Waals surface area contributed by atoms with E-state index in [0.717, 1.165) is 12.0 Å². The Bertz CT molecular complexity index is 1610. The van der Waals surface area contributed by atoms with E-state index >= 15 is 0 Å². The average Bonchev–Trinajstić information content (AvgIpc) is 2.89. The standard InChI is InChI=1S/C31H17F9O/c1-2-3-4-17-5-8-19(9-6-17)20-13-25(34)29(26(35)14-20)31(39,40)41-21-15-23(32)22(24(33)16-21)10-7-18-11-27(36)30(38)28(37)12-18/h2,5-6,8-9,11-16H,1,3-4H2. The molecule has 0 radical (unpaired) electrons. The van der Waals surface area contributed by atoms with Gasteiger partial charge in [-0.15, -0.1) is 6.58 Å². The normalized spacial score (nSPS) is 11.1. The van der Waals surface area contributed by atoms with Crippen molar-refractivity contribution in [1.82, 2.24) is 0 Å². The zero-order chi connectivity index (χ0) is 29.9. The molecule has 0 saturated carbocycles. The average molecular weight is 576 g/mol. The third kappa shape index (κ3) is 6.57. The predicted octanol–water partition coefficient (Wildman–Crippen LogP) is 8.97. The predicted molar refractivity (Wildman–Crippen MR) is 133 cm³/mol. The minimum absolute atomic E-state index is 0.0317. The van der Waals surface area contributed by atoms with Gasteiger partial charge in [-0.1, -0.05) is 42.2 Å². The van der Waals surface area contributed by atoms with Crippen LogP contribution >= 0.6 is 0 Å². The molecule has 0 atom stereocenters. The van der Waals surface area contributed by atoms with Crippen LogP contribution in [-0.4, -0.2) is 0 Å². The molecule has 41 heavy (non-hydrogen) atoms. The molecule has 0 heterocycles. The fourth-order valence-electron chi connectivity index (χ4n) is 3.84. The zero-order valence-corrected chi connectivity index (χ0v) is 20.8. The molecule has 0 bridgehead atoms. The number of ether oxygens (including phenoxy) is 1. The minimum atomic E-state index is -4.70. The molecule has 1 nitrogen and oxygen atoms in total. The number of aryl methyl sites for hydroxylation is 1. The molecule has 10 heteroatoms. The van der Waals surface area contributed by atoms with Crippen LogP contribution in [-0.2, 0) is 12.5 Å². The SMILES string of the molecule is C=CCCc1ccc(-c2cc(F)c(C(F)(F)Oc3cc(F)c(C#Cc4cc(F)c(F)c(F)c4)c(F)c3)c(F)c2)cc1. The van der Waals surface area contributed by atoms with Crippen LogP contribution in [0.3, 0.4) is 0 Å². The summed E-state index contributed by atoms with van der Waals surface area (Å²) in [6.45, 7) is 3.62. The Morgan fingerprint density at radius 3 is 1.78 bits per heavy atom. The highest BCUT2D eigenvalue weighted by molar-refractivity contribution is 5.64. The highest BCUT2D eigenvalue weighted by atomic mass is 19.3.